The molecule has 2 aromatic rings. The number of H-pyrrole nitrogens is 1. The third kappa shape index (κ3) is 5.32. The number of benzene rings is 1. The van der Waals surface area contributed by atoms with Gasteiger partial charge in [0.15, 0.2) is 0 Å². The van der Waals surface area contributed by atoms with E-state index in [-0.39, 0.29) is 23.9 Å². The van der Waals surface area contributed by atoms with Gasteiger partial charge in [-0.05, 0) is 30.2 Å². The summed E-state index contributed by atoms with van der Waals surface area (Å²) in [4.78, 5) is 11.9. The number of alkyl halides is 3. The highest BCUT2D eigenvalue weighted by atomic mass is 19.4. The number of nitrogens with zero attached hydrogens (tertiary/aromatic N) is 1. The molecule has 0 spiro atoms. The molecule has 2 N–H and O–H groups in total. The van der Waals surface area contributed by atoms with E-state index in [1.807, 2.05) is 6.92 Å². The molecule has 2 rings (SSSR count). The minimum atomic E-state index is -4.72. The van der Waals surface area contributed by atoms with Crippen LogP contribution in [0.3, 0.4) is 0 Å². The van der Waals surface area contributed by atoms with E-state index in [4.69, 9.17) is 0 Å². The number of ether oxygens (including phenoxy) is 1. The molecule has 1 amide bonds. The van der Waals surface area contributed by atoms with E-state index in [0.29, 0.717) is 5.56 Å². The number of carbonyl (C=O) groups excluding carboxylic acids is 1. The van der Waals surface area contributed by atoms with E-state index >= 15 is 0 Å². The van der Waals surface area contributed by atoms with Gasteiger partial charge >= 0.3 is 6.36 Å². The number of amides is 1. The van der Waals surface area contributed by atoms with E-state index in [2.05, 4.69) is 20.3 Å². The van der Waals surface area contributed by atoms with Gasteiger partial charge in [-0.1, -0.05) is 25.5 Å². The van der Waals surface area contributed by atoms with Gasteiger partial charge in [0.1, 0.15) is 11.4 Å². The van der Waals surface area contributed by atoms with Gasteiger partial charge < -0.3 is 10.1 Å². The van der Waals surface area contributed by atoms with Crippen molar-refractivity contribution in [2.45, 2.75) is 32.7 Å². The molecule has 0 aliphatic heterocycles. The first-order valence-electron chi connectivity index (χ1n) is 7.04. The fourth-order valence-corrected chi connectivity index (χ4v) is 1.96. The standard InChI is InChI=1S/C15H16F3N3O2/c1-2-3-11-8-13(21-20-11)14(22)19-9-10-4-6-12(7-5-10)23-15(16,17)18/h4-8H,2-3,9H2,1H3,(H,19,22)(H,20,21). The van der Waals surface area contributed by atoms with Crippen LogP contribution in [-0.2, 0) is 13.0 Å². The lowest BCUT2D eigenvalue weighted by atomic mass is 10.2. The first kappa shape index (κ1) is 16.9. The summed E-state index contributed by atoms with van der Waals surface area (Å²) in [6.07, 6.45) is -2.97. The summed E-state index contributed by atoms with van der Waals surface area (Å²) in [6.45, 7) is 2.20. The van der Waals surface area contributed by atoms with E-state index in [1.54, 1.807) is 6.07 Å². The second kappa shape index (κ2) is 7.17. The number of aryl methyl sites for hydroxylation is 1. The van der Waals surface area contributed by atoms with E-state index < -0.39 is 6.36 Å². The highest BCUT2D eigenvalue weighted by Crippen LogP contribution is 2.22. The molecule has 0 bridgehead atoms. The van der Waals surface area contributed by atoms with Crippen molar-refractivity contribution in [2.75, 3.05) is 0 Å². The van der Waals surface area contributed by atoms with Crippen molar-refractivity contribution in [1.82, 2.24) is 15.5 Å². The summed E-state index contributed by atoms with van der Waals surface area (Å²) < 4.78 is 39.9. The van der Waals surface area contributed by atoms with Crippen LogP contribution in [0.4, 0.5) is 13.2 Å². The molecule has 23 heavy (non-hydrogen) atoms. The monoisotopic (exact) mass is 327 g/mol. The van der Waals surface area contributed by atoms with Crippen molar-refractivity contribution >= 4 is 5.91 Å². The van der Waals surface area contributed by atoms with E-state index in [1.165, 1.54) is 24.3 Å². The maximum Gasteiger partial charge on any atom is 0.573 e. The summed E-state index contributed by atoms with van der Waals surface area (Å²) in [5, 5.41) is 9.35. The highest BCUT2D eigenvalue weighted by Gasteiger charge is 2.30. The molecule has 1 heterocycles. The van der Waals surface area contributed by atoms with Crippen molar-refractivity contribution in [3.63, 3.8) is 0 Å². The van der Waals surface area contributed by atoms with Gasteiger partial charge in [0.25, 0.3) is 5.91 Å². The van der Waals surface area contributed by atoms with Crippen LogP contribution in [0.15, 0.2) is 30.3 Å². The van der Waals surface area contributed by atoms with Gasteiger partial charge in [-0.3, -0.25) is 9.89 Å². The van der Waals surface area contributed by atoms with Gasteiger partial charge in [0.05, 0.1) is 0 Å². The van der Waals surface area contributed by atoms with Gasteiger partial charge in [-0.15, -0.1) is 13.2 Å². The van der Waals surface area contributed by atoms with Crippen molar-refractivity contribution in [3.8, 4) is 5.75 Å². The summed E-state index contributed by atoms with van der Waals surface area (Å²) in [5.41, 5.74) is 1.81. The Morgan fingerprint density at radius 2 is 2.00 bits per heavy atom. The van der Waals surface area contributed by atoms with Crippen molar-refractivity contribution in [2.24, 2.45) is 0 Å². The minimum Gasteiger partial charge on any atom is -0.406 e. The summed E-state index contributed by atoms with van der Waals surface area (Å²) in [6, 6.07) is 6.98. The van der Waals surface area contributed by atoms with Crippen LogP contribution in [0, 0.1) is 0 Å². The average molecular weight is 327 g/mol. The molecule has 0 saturated carbocycles. The van der Waals surface area contributed by atoms with Gasteiger partial charge in [0.2, 0.25) is 0 Å². The molecule has 5 nitrogen and oxygen atoms in total. The fourth-order valence-electron chi connectivity index (χ4n) is 1.96. The molecule has 124 valence electrons. The fraction of sp³-hybridized carbons (Fsp3) is 0.333. The third-order valence-corrected chi connectivity index (χ3v) is 2.99. The van der Waals surface area contributed by atoms with Crippen LogP contribution in [0.25, 0.3) is 0 Å². The summed E-state index contributed by atoms with van der Waals surface area (Å²) >= 11 is 0. The number of rotatable bonds is 6. The van der Waals surface area contributed by atoms with Crippen LogP contribution in [0.5, 0.6) is 5.75 Å². The lowest BCUT2D eigenvalue weighted by Gasteiger charge is -2.09. The van der Waals surface area contributed by atoms with Gasteiger partial charge in [-0.25, -0.2) is 0 Å². The normalized spacial score (nSPS) is 11.3. The number of aromatic nitrogens is 2. The van der Waals surface area contributed by atoms with Crippen LogP contribution in [-0.4, -0.2) is 22.5 Å². The SMILES string of the molecule is CCCc1cc(C(=O)NCc2ccc(OC(F)(F)F)cc2)n[nH]1. The van der Waals surface area contributed by atoms with Crippen LogP contribution >= 0.6 is 0 Å². The van der Waals surface area contributed by atoms with E-state index in [9.17, 15) is 18.0 Å². The smallest absolute Gasteiger partial charge is 0.406 e. The topological polar surface area (TPSA) is 67.0 Å². The maximum atomic E-state index is 12.1. The minimum absolute atomic E-state index is 0.182. The second-order valence-corrected chi connectivity index (χ2v) is 4.90. The maximum absolute atomic E-state index is 12.1. The average Bonchev–Trinajstić information content (AvgIpc) is 2.94. The molecule has 0 aliphatic carbocycles. The molecule has 0 unspecified atom stereocenters. The summed E-state index contributed by atoms with van der Waals surface area (Å²) in [5.74, 6) is -0.650. The Kier molecular flexibility index (Phi) is 5.25. The number of halogens is 3. The molecule has 0 atom stereocenters. The predicted molar refractivity (Wildman–Crippen MR) is 76.9 cm³/mol. The lowest BCUT2D eigenvalue weighted by Crippen LogP contribution is -2.23. The van der Waals surface area contributed by atoms with Gasteiger partial charge in [0, 0.05) is 12.2 Å². The molecular weight excluding hydrogens is 311 g/mol. The van der Waals surface area contributed by atoms with E-state index in [0.717, 1.165) is 18.5 Å². The zero-order chi connectivity index (χ0) is 16.9. The Bertz CT molecular complexity index is 651. The predicted octanol–water partition coefficient (Wildman–Crippen LogP) is 3.19. The van der Waals surface area contributed by atoms with Gasteiger partial charge in [-0.2, -0.15) is 5.10 Å². The zero-order valence-corrected chi connectivity index (χ0v) is 12.4. The van der Waals surface area contributed by atoms with Crippen LogP contribution in [0.1, 0.15) is 35.1 Å². The molecule has 0 aliphatic rings. The quantitative estimate of drug-likeness (QED) is 0.856. The lowest BCUT2D eigenvalue weighted by molar-refractivity contribution is -0.274. The van der Waals surface area contributed by atoms with Crippen molar-refractivity contribution in [1.29, 1.82) is 0 Å². The number of hydrogen-bond donors (Lipinski definition) is 2. The first-order chi connectivity index (χ1) is 10.9. The van der Waals surface area contributed by atoms with Crippen molar-refractivity contribution < 1.29 is 22.7 Å². The Balaban J connectivity index is 1.88. The molecule has 1 aromatic carbocycles. The molecule has 0 saturated heterocycles. The molecule has 8 heteroatoms. The Morgan fingerprint density at radius 3 is 2.61 bits per heavy atom. The molecule has 0 fully saturated rings. The number of aromatic amines is 1. The zero-order valence-electron chi connectivity index (χ0n) is 12.4. The highest BCUT2D eigenvalue weighted by molar-refractivity contribution is 5.92. The van der Waals surface area contributed by atoms with Crippen LogP contribution in [0.2, 0.25) is 0 Å². The number of nitrogens with one attached hydrogen (secondary N) is 2. The van der Waals surface area contributed by atoms with Crippen LogP contribution < -0.4 is 10.1 Å². The number of hydrogen-bond acceptors (Lipinski definition) is 3. The number of carbonyl (C=O) groups is 1. The van der Waals surface area contributed by atoms with Crippen molar-refractivity contribution in [3.05, 3.63) is 47.3 Å². The Hall–Kier alpha value is -2.51. The molecule has 1 aromatic heterocycles. The molecular formula is C15H16F3N3O2. The molecule has 0 radical (unpaired) electrons. The largest absolute Gasteiger partial charge is 0.573 e. The third-order valence-electron chi connectivity index (χ3n) is 2.99. The Labute approximate surface area is 130 Å². The summed E-state index contributed by atoms with van der Waals surface area (Å²) in [7, 11) is 0. The second-order valence-electron chi connectivity index (χ2n) is 4.90. The Morgan fingerprint density at radius 1 is 1.30 bits per heavy atom. The first-order valence-corrected chi connectivity index (χ1v) is 7.04.